The third-order valence-electron chi connectivity index (χ3n) is 18.7. The molecule has 0 spiro atoms. The van der Waals surface area contributed by atoms with Crippen molar-refractivity contribution in [3.8, 4) is 0 Å². The number of alkyl halides is 1. The molecule has 4 saturated carbocycles. The molecular formula is C46H69FN2O6. The smallest absolute Gasteiger partial charge is 0.321 e. The van der Waals surface area contributed by atoms with Crippen LogP contribution in [0.5, 0.6) is 0 Å². The van der Waals surface area contributed by atoms with Crippen LogP contribution in [-0.4, -0.2) is 76.5 Å². The highest BCUT2D eigenvalue weighted by atomic mass is 19.1. The predicted molar refractivity (Wildman–Crippen MR) is 212 cm³/mol. The van der Waals surface area contributed by atoms with E-state index in [0.717, 1.165) is 32.4 Å². The summed E-state index contributed by atoms with van der Waals surface area (Å²) < 4.78 is 14.0. The summed E-state index contributed by atoms with van der Waals surface area (Å²) in [4.78, 5) is 38.0. The first-order valence-electron chi connectivity index (χ1n) is 21.6. The molecule has 1 heterocycles. The van der Waals surface area contributed by atoms with Crippen molar-refractivity contribution < 1.29 is 34.1 Å². The van der Waals surface area contributed by atoms with Crippen molar-refractivity contribution in [2.75, 3.05) is 32.9 Å². The van der Waals surface area contributed by atoms with Crippen LogP contribution in [0.2, 0.25) is 0 Å². The van der Waals surface area contributed by atoms with Gasteiger partial charge in [-0.1, -0.05) is 58.9 Å². The molecule has 10 unspecified atom stereocenters. The van der Waals surface area contributed by atoms with E-state index in [-0.39, 0.29) is 46.5 Å². The number of carbonyl (C=O) groups is 3. The van der Waals surface area contributed by atoms with Crippen LogP contribution < -0.4 is 5.32 Å². The van der Waals surface area contributed by atoms with Crippen LogP contribution in [0, 0.1) is 62.1 Å². The van der Waals surface area contributed by atoms with Gasteiger partial charge in [0.15, 0.2) is 5.41 Å². The van der Waals surface area contributed by atoms with E-state index in [2.05, 4.69) is 70.5 Å². The first kappa shape index (κ1) is 40.7. The maximum atomic E-state index is 14.0. The molecule has 0 aromatic heterocycles. The Morgan fingerprint density at radius 2 is 1.51 bits per heavy atom. The average Bonchev–Trinajstić information content (AvgIpc) is 3.52. The molecule has 0 aromatic rings. The quantitative estimate of drug-likeness (QED) is 0.128. The van der Waals surface area contributed by atoms with Crippen molar-refractivity contribution in [2.45, 2.75) is 137 Å². The zero-order valence-corrected chi connectivity index (χ0v) is 34.6. The number of allylic oxidation sites excluding steroid dienone is 5. The average molecular weight is 765 g/mol. The van der Waals surface area contributed by atoms with Gasteiger partial charge in [0.1, 0.15) is 6.67 Å². The van der Waals surface area contributed by atoms with Gasteiger partial charge < -0.3 is 25.5 Å². The molecule has 10 atom stereocenters. The second-order valence-electron chi connectivity index (χ2n) is 21.0. The molecule has 6 aliphatic carbocycles. The van der Waals surface area contributed by atoms with Gasteiger partial charge in [-0.3, -0.25) is 14.4 Å². The maximum Gasteiger partial charge on any atom is 0.321 e. The number of hydrogen-bond acceptors (Lipinski definition) is 5. The normalized spacial score (nSPS) is 43.4. The fourth-order valence-electron chi connectivity index (χ4n) is 15.3. The number of rotatable bonds is 10. The molecule has 55 heavy (non-hydrogen) atoms. The van der Waals surface area contributed by atoms with Gasteiger partial charge in [-0.25, -0.2) is 4.39 Å². The lowest BCUT2D eigenvalue weighted by atomic mass is 9.33. The summed E-state index contributed by atoms with van der Waals surface area (Å²) in [5, 5.41) is 33.4. The molecule has 7 aliphatic rings. The zero-order valence-electron chi connectivity index (χ0n) is 34.6. The summed E-state index contributed by atoms with van der Waals surface area (Å²) in [6, 6.07) is 0. The van der Waals surface area contributed by atoms with Gasteiger partial charge in [0.25, 0.3) is 0 Å². The number of fused-ring (bicyclic) bond motifs is 7. The number of carboxylic acid groups (broad SMARTS) is 3. The van der Waals surface area contributed by atoms with Crippen molar-refractivity contribution in [1.82, 2.24) is 10.2 Å². The minimum absolute atomic E-state index is 0.0455. The lowest BCUT2D eigenvalue weighted by Crippen LogP contribution is -2.68. The summed E-state index contributed by atoms with van der Waals surface area (Å²) in [6.07, 6.45) is 16.7. The van der Waals surface area contributed by atoms with Gasteiger partial charge in [0.2, 0.25) is 0 Å². The summed E-state index contributed by atoms with van der Waals surface area (Å²) in [6.45, 7) is 21.4. The Hall–Kier alpha value is -2.52. The molecule has 4 N–H and O–H groups in total. The van der Waals surface area contributed by atoms with Crippen LogP contribution >= 0.6 is 0 Å². The molecule has 306 valence electrons. The highest BCUT2D eigenvalue weighted by Gasteiger charge is 2.70. The lowest BCUT2D eigenvalue weighted by Gasteiger charge is -2.72. The van der Waals surface area contributed by atoms with Crippen molar-refractivity contribution >= 4 is 17.9 Å². The predicted octanol–water partition coefficient (Wildman–Crippen LogP) is 8.92. The Morgan fingerprint density at radius 1 is 0.818 bits per heavy atom. The highest BCUT2D eigenvalue weighted by Crippen LogP contribution is 2.76. The van der Waals surface area contributed by atoms with Crippen LogP contribution in [0.1, 0.15) is 131 Å². The van der Waals surface area contributed by atoms with Crippen LogP contribution in [-0.2, 0) is 14.4 Å². The molecule has 1 aliphatic heterocycles. The molecular weight excluding hydrogens is 696 g/mol. The fraction of sp³-hybridized carbons (Fsp3) is 0.804. The molecule has 0 radical (unpaired) electrons. The molecule has 0 bridgehead atoms. The SMILES string of the molecule is C=C(C)C1CCC2(NCCN3CCC(C(=O)O)(C(=O)O)CC3)CCC3(C)C(CCC4C5(C)CC=C(C6=CCC(CF)(C(=O)O)CC6)C(C)(C)C5CCC43C)C12. The second-order valence-corrected chi connectivity index (χ2v) is 21.0. The van der Waals surface area contributed by atoms with Crippen molar-refractivity contribution in [2.24, 2.45) is 62.1 Å². The van der Waals surface area contributed by atoms with E-state index < -0.39 is 35.4 Å². The van der Waals surface area contributed by atoms with Gasteiger partial charge >= 0.3 is 17.9 Å². The van der Waals surface area contributed by atoms with Gasteiger partial charge in [0, 0.05) is 18.6 Å². The van der Waals surface area contributed by atoms with E-state index in [4.69, 9.17) is 0 Å². The summed E-state index contributed by atoms with van der Waals surface area (Å²) in [5.41, 5.74) is 1.58. The number of nitrogens with zero attached hydrogens (tertiary/aromatic N) is 1. The Morgan fingerprint density at radius 3 is 2.09 bits per heavy atom. The molecule has 0 aromatic carbocycles. The van der Waals surface area contributed by atoms with Crippen LogP contribution in [0.4, 0.5) is 4.39 Å². The maximum absolute atomic E-state index is 14.0. The van der Waals surface area contributed by atoms with Crippen LogP contribution in [0.25, 0.3) is 0 Å². The number of aliphatic carboxylic acids is 3. The minimum Gasteiger partial charge on any atom is -0.481 e. The third kappa shape index (κ3) is 5.87. The number of nitrogens with one attached hydrogen (secondary N) is 1. The Kier molecular flexibility index (Phi) is 10.2. The van der Waals surface area contributed by atoms with E-state index in [1.54, 1.807) is 0 Å². The van der Waals surface area contributed by atoms with E-state index in [0.29, 0.717) is 55.5 Å². The zero-order chi connectivity index (χ0) is 40.0. The van der Waals surface area contributed by atoms with Crippen molar-refractivity contribution in [3.05, 3.63) is 35.5 Å². The van der Waals surface area contributed by atoms with E-state index in [1.807, 2.05) is 0 Å². The fourth-order valence-corrected chi connectivity index (χ4v) is 15.3. The summed E-state index contributed by atoms with van der Waals surface area (Å²) in [7, 11) is 0. The van der Waals surface area contributed by atoms with Crippen molar-refractivity contribution in [3.63, 3.8) is 0 Å². The van der Waals surface area contributed by atoms with Crippen molar-refractivity contribution in [1.29, 1.82) is 0 Å². The molecule has 7 rings (SSSR count). The third-order valence-corrected chi connectivity index (χ3v) is 18.7. The van der Waals surface area contributed by atoms with E-state index >= 15 is 0 Å². The van der Waals surface area contributed by atoms with Gasteiger partial charge in [-0.15, -0.1) is 0 Å². The van der Waals surface area contributed by atoms with Crippen LogP contribution in [0.15, 0.2) is 35.5 Å². The second kappa shape index (κ2) is 13.8. The minimum atomic E-state index is -1.67. The molecule has 8 nitrogen and oxygen atoms in total. The Labute approximate surface area is 328 Å². The Balaban J connectivity index is 1.10. The van der Waals surface area contributed by atoms with Gasteiger partial charge in [-0.05, 0) is 172 Å². The number of likely N-dealkylation sites (tertiary alicyclic amines) is 1. The molecule has 9 heteroatoms. The van der Waals surface area contributed by atoms with E-state index in [9.17, 15) is 34.1 Å². The standard InChI is InChI=1S/C46H69FN2O6/c1-29(2)31-12-19-46(48-24-27-49-25-22-45(23-26-49,38(52)53)39(54)55)21-20-42(6)33(36(31)46)8-9-35-41(5)15-13-32(40(3,4)34(41)14-16-43(35,42)7)30-10-17-44(28-47,18-11-30)37(50)51/h10,13,31,33-36,48H,1,8-9,11-12,14-28H2,2-7H3,(H,50,51)(H,52,53)(H,54,55). The number of hydrogen-bond donors (Lipinski definition) is 4. The highest BCUT2D eigenvalue weighted by molar-refractivity contribution is 5.98. The number of halogens is 1. The first-order valence-corrected chi connectivity index (χ1v) is 21.6. The lowest BCUT2D eigenvalue weighted by molar-refractivity contribution is -0.221. The molecule has 0 amide bonds. The van der Waals surface area contributed by atoms with Gasteiger partial charge in [0.05, 0.1) is 5.41 Å². The monoisotopic (exact) mass is 765 g/mol. The topological polar surface area (TPSA) is 127 Å². The Bertz CT molecular complexity index is 1650. The van der Waals surface area contributed by atoms with Gasteiger partial charge in [-0.2, -0.15) is 0 Å². The van der Waals surface area contributed by atoms with Crippen LogP contribution in [0.3, 0.4) is 0 Å². The first-order chi connectivity index (χ1) is 25.8. The number of piperidine rings is 1. The largest absolute Gasteiger partial charge is 0.481 e. The number of carboxylic acids is 3. The van der Waals surface area contributed by atoms with E-state index in [1.165, 1.54) is 55.2 Å². The molecule has 5 fully saturated rings. The summed E-state index contributed by atoms with van der Waals surface area (Å²) in [5.74, 6) is -0.706. The summed E-state index contributed by atoms with van der Waals surface area (Å²) >= 11 is 0. The molecule has 1 saturated heterocycles.